The highest BCUT2D eigenvalue weighted by Gasteiger charge is 2.35. The maximum Gasteiger partial charge on any atom is 0.259 e. The molecule has 1 N–H and O–H groups in total. The zero-order valence-electron chi connectivity index (χ0n) is 15.2. The molecule has 142 valence electrons. The number of nitrogens with zero attached hydrogens (tertiary/aromatic N) is 4. The smallest absolute Gasteiger partial charge is 0.259 e. The third kappa shape index (κ3) is 3.65. The maximum atomic E-state index is 12.4. The summed E-state index contributed by atoms with van der Waals surface area (Å²) in [6.07, 6.45) is 2.51. The van der Waals surface area contributed by atoms with E-state index in [1.54, 1.807) is 16.2 Å². The molecule has 1 amide bonds. The van der Waals surface area contributed by atoms with Crippen LogP contribution in [0.15, 0.2) is 9.13 Å². The molecule has 0 unspecified atom stereocenters. The minimum atomic E-state index is -0.0937. The number of thiophene rings is 1. The average molecular weight is 422 g/mol. The lowest BCUT2D eigenvalue weighted by Crippen LogP contribution is -2.32. The average Bonchev–Trinajstić information content (AvgIpc) is 3.28. The van der Waals surface area contributed by atoms with E-state index in [1.807, 2.05) is 20.8 Å². The minimum Gasteiger partial charge on any atom is -0.309 e. The molecule has 0 saturated heterocycles. The quantitative estimate of drug-likeness (QED) is 0.482. The van der Waals surface area contributed by atoms with E-state index in [0.29, 0.717) is 28.5 Å². The van der Waals surface area contributed by atoms with Crippen molar-refractivity contribution < 1.29 is 4.79 Å². The van der Waals surface area contributed by atoms with Gasteiger partial charge < -0.3 is 4.98 Å². The lowest BCUT2D eigenvalue weighted by molar-refractivity contribution is -0.118. The molecular formula is C17H19N5O2S3. The predicted octanol–water partition coefficient (Wildman–Crippen LogP) is 3.65. The summed E-state index contributed by atoms with van der Waals surface area (Å²) < 4.78 is 0.765. The summed E-state index contributed by atoms with van der Waals surface area (Å²) in [5.74, 6) is 1.21. The molecular weight excluding hydrogens is 402 g/mol. The number of nitrogens with one attached hydrogen (secondary N) is 1. The standard InChI is InChI=1S/C17H19N5O2S3/c1-4-12(23)22(10-5-6-10)16-20-21-17(27-16)25-7-11-18-14(24)13-8(2)9(3)26-15(13)19-11/h10H,4-7H2,1-3H3,(H,18,19,24). The number of aromatic nitrogens is 4. The van der Waals surface area contributed by atoms with Gasteiger partial charge >= 0.3 is 0 Å². The van der Waals surface area contributed by atoms with Crippen molar-refractivity contribution in [2.75, 3.05) is 4.90 Å². The second-order valence-electron chi connectivity index (χ2n) is 6.46. The summed E-state index contributed by atoms with van der Waals surface area (Å²) in [7, 11) is 0. The first kappa shape index (κ1) is 18.6. The SMILES string of the molecule is CCC(=O)N(c1nnc(SCc2nc3sc(C)c(C)c3c(=O)[nH]2)s1)C1CC1. The Morgan fingerprint density at radius 1 is 1.30 bits per heavy atom. The van der Waals surface area contributed by atoms with Crippen molar-refractivity contribution in [3.05, 3.63) is 26.6 Å². The summed E-state index contributed by atoms with van der Waals surface area (Å²) in [4.78, 5) is 35.7. The Morgan fingerprint density at radius 3 is 2.78 bits per heavy atom. The molecule has 7 nitrogen and oxygen atoms in total. The number of carbonyl (C=O) groups excluding carboxylic acids is 1. The number of amides is 1. The first-order valence-electron chi connectivity index (χ1n) is 8.75. The number of hydrogen-bond donors (Lipinski definition) is 1. The topological polar surface area (TPSA) is 91.8 Å². The second kappa shape index (κ2) is 7.33. The molecule has 0 bridgehead atoms. The van der Waals surface area contributed by atoms with Crippen molar-refractivity contribution in [3.63, 3.8) is 0 Å². The van der Waals surface area contributed by atoms with Crippen LogP contribution in [-0.4, -0.2) is 32.1 Å². The molecule has 1 aliphatic carbocycles. The Kier molecular flexibility index (Phi) is 5.04. The van der Waals surface area contributed by atoms with E-state index in [2.05, 4.69) is 20.2 Å². The number of carbonyl (C=O) groups is 1. The van der Waals surface area contributed by atoms with Crippen LogP contribution < -0.4 is 10.5 Å². The highest BCUT2D eigenvalue weighted by molar-refractivity contribution is 8.00. The Bertz CT molecular complexity index is 1070. The molecule has 0 spiro atoms. The van der Waals surface area contributed by atoms with Crippen LogP contribution in [0.3, 0.4) is 0 Å². The fraction of sp³-hybridized carbons (Fsp3) is 0.471. The fourth-order valence-electron chi connectivity index (χ4n) is 2.83. The molecule has 3 heterocycles. The molecule has 1 fully saturated rings. The Labute approximate surface area is 168 Å². The number of rotatable bonds is 6. The third-order valence-electron chi connectivity index (χ3n) is 4.51. The number of hydrogen-bond acceptors (Lipinski definition) is 8. The number of thioether (sulfide) groups is 1. The van der Waals surface area contributed by atoms with E-state index in [-0.39, 0.29) is 17.5 Å². The highest BCUT2D eigenvalue weighted by atomic mass is 32.2. The summed E-state index contributed by atoms with van der Waals surface area (Å²) in [6.45, 7) is 5.81. The second-order valence-corrected chi connectivity index (χ2v) is 9.85. The lowest BCUT2D eigenvalue weighted by atomic mass is 10.2. The van der Waals surface area contributed by atoms with Crippen molar-refractivity contribution in [1.29, 1.82) is 0 Å². The summed E-state index contributed by atoms with van der Waals surface area (Å²) in [5, 5.41) is 9.75. The molecule has 1 saturated carbocycles. The predicted molar refractivity (Wildman–Crippen MR) is 110 cm³/mol. The number of fused-ring (bicyclic) bond motifs is 1. The van der Waals surface area contributed by atoms with Crippen LogP contribution in [0.4, 0.5) is 5.13 Å². The number of aryl methyl sites for hydroxylation is 2. The van der Waals surface area contributed by atoms with Crippen LogP contribution >= 0.6 is 34.4 Å². The van der Waals surface area contributed by atoms with E-state index in [4.69, 9.17) is 0 Å². The van der Waals surface area contributed by atoms with Gasteiger partial charge in [0, 0.05) is 17.3 Å². The summed E-state index contributed by atoms with van der Waals surface area (Å²) in [5.41, 5.74) is 0.904. The third-order valence-corrected chi connectivity index (χ3v) is 7.67. The molecule has 0 atom stereocenters. The van der Waals surface area contributed by atoms with Gasteiger partial charge in [0.15, 0.2) is 4.34 Å². The van der Waals surface area contributed by atoms with Gasteiger partial charge in [-0.2, -0.15) is 0 Å². The lowest BCUT2D eigenvalue weighted by Gasteiger charge is -2.17. The minimum absolute atomic E-state index is 0.0880. The van der Waals surface area contributed by atoms with Crippen LogP contribution in [-0.2, 0) is 10.5 Å². The molecule has 0 aliphatic heterocycles. The van der Waals surface area contributed by atoms with Gasteiger partial charge in [-0.05, 0) is 32.3 Å². The fourth-order valence-corrected chi connectivity index (χ4v) is 5.67. The number of anilines is 1. The monoisotopic (exact) mass is 421 g/mol. The Hall–Kier alpha value is -1.78. The maximum absolute atomic E-state index is 12.4. The molecule has 27 heavy (non-hydrogen) atoms. The molecule has 3 aromatic rings. The van der Waals surface area contributed by atoms with Gasteiger partial charge in [0.25, 0.3) is 5.56 Å². The van der Waals surface area contributed by atoms with Crippen LogP contribution in [0.25, 0.3) is 10.2 Å². The van der Waals surface area contributed by atoms with Gasteiger partial charge in [-0.25, -0.2) is 4.98 Å². The zero-order valence-corrected chi connectivity index (χ0v) is 17.7. The van der Waals surface area contributed by atoms with E-state index < -0.39 is 0 Å². The van der Waals surface area contributed by atoms with Gasteiger partial charge in [-0.15, -0.1) is 21.5 Å². The van der Waals surface area contributed by atoms with Gasteiger partial charge in [-0.3, -0.25) is 14.5 Å². The van der Waals surface area contributed by atoms with Crippen molar-refractivity contribution in [3.8, 4) is 0 Å². The highest BCUT2D eigenvalue weighted by Crippen LogP contribution is 2.36. The molecule has 0 radical (unpaired) electrons. The van der Waals surface area contributed by atoms with E-state index >= 15 is 0 Å². The van der Waals surface area contributed by atoms with Gasteiger partial charge in [0.2, 0.25) is 11.0 Å². The molecule has 0 aromatic carbocycles. The van der Waals surface area contributed by atoms with Crippen molar-refractivity contribution in [2.24, 2.45) is 0 Å². The molecule has 10 heteroatoms. The van der Waals surface area contributed by atoms with Crippen LogP contribution in [0.5, 0.6) is 0 Å². The van der Waals surface area contributed by atoms with E-state index in [9.17, 15) is 9.59 Å². The molecule has 4 rings (SSSR count). The van der Waals surface area contributed by atoms with Gasteiger partial charge in [-0.1, -0.05) is 30.0 Å². The van der Waals surface area contributed by atoms with Crippen molar-refractivity contribution in [2.45, 2.75) is 56.2 Å². The van der Waals surface area contributed by atoms with Crippen LogP contribution in [0, 0.1) is 13.8 Å². The van der Waals surface area contributed by atoms with Crippen molar-refractivity contribution in [1.82, 2.24) is 20.2 Å². The summed E-state index contributed by atoms with van der Waals surface area (Å²) >= 11 is 4.43. The first-order chi connectivity index (χ1) is 13.0. The molecule has 1 aliphatic rings. The zero-order chi connectivity index (χ0) is 19.1. The number of aromatic amines is 1. The largest absolute Gasteiger partial charge is 0.309 e. The van der Waals surface area contributed by atoms with E-state index in [1.165, 1.54) is 23.1 Å². The summed E-state index contributed by atoms with van der Waals surface area (Å²) in [6, 6.07) is 0.272. The van der Waals surface area contributed by atoms with Crippen molar-refractivity contribution >= 4 is 55.7 Å². The van der Waals surface area contributed by atoms with Crippen LogP contribution in [0.1, 0.15) is 42.5 Å². The number of H-pyrrole nitrogens is 1. The normalized spacial score (nSPS) is 14.0. The van der Waals surface area contributed by atoms with Crippen LogP contribution in [0.2, 0.25) is 0 Å². The Balaban J connectivity index is 1.51. The van der Waals surface area contributed by atoms with Gasteiger partial charge in [0.05, 0.1) is 11.1 Å². The Morgan fingerprint density at radius 2 is 2.07 bits per heavy atom. The van der Waals surface area contributed by atoms with Gasteiger partial charge in [0.1, 0.15) is 10.7 Å². The molecule has 3 aromatic heterocycles. The first-order valence-corrected chi connectivity index (χ1v) is 11.4. The van der Waals surface area contributed by atoms with E-state index in [0.717, 1.165) is 32.5 Å².